The van der Waals surface area contributed by atoms with Gasteiger partial charge in [0.1, 0.15) is 38.0 Å². The molecule has 34 heavy (non-hydrogen) atoms. The Morgan fingerprint density at radius 3 is 1.35 bits per heavy atom. The molecular weight excluding hydrogens is 488 g/mol. The lowest BCUT2D eigenvalue weighted by Crippen LogP contribution is -2.45. The number of aryl methyl sites for hydroxylation is 2. The van der Waals surface area contributed by atoms with Crippen LogP contribution in [0.5, 0.6) is 0 Å². The lowest BCUT2D eigenvalue weighted by atomic mass is 10.0. The number of hydrogen-bond donors (Lipinski definition) is 0. The lowest BCUT2D eigenvalue weighted by molar-refractivity contribution is -0.0359. The topological polar surface area (TPSA) is 124 Å². The molecule has 0 bridgehead atoms. The minimum atomic E-state index is -4.00. The van der Waals surface area contributed by atoms with Crippen molar-refractivity contribution in [2.75, 3.05) is 26.8 Å². The van der Waals surface area contributed by atoms with Crippen molar-refractivity contribution in [3.05, 3.63) is 59.7 Å². The Labute approximate surface area is 198 Å². The summed E-state index contributed by atoms with van der Waals surface area (Å²) in [6.07, 6.45) is -3.04. The van der Waals surface area contributed by atoms with E-state index in [4.69, 9.17) is 27.3 Å². The van der Waals surface area contributed by atoms with Gasteiger partial charge in [0.15, 0.2) is 0 Å². The van der Waals surface area contributed by atoms with E-state index in [2.05, 4.69) is 0 Å². The van der Waals surface area contributed by atoms with Gasteiger partial charge in [0.05, 0.1) is 23.0 Å². The van der Waals surface area contributed by atoms with Crippen molar-refractivity contribution in [3.8, 4) is 0 Å². The zero-order valence-electron chi connectivity index (χ0n) is 18.7. The fourth-order valence-corrected chi connectivity index (χ4v) is 5.41. The van der Waals surface area contributed by atoms with Crippen LogP contribution in [-0.2, 0) is 47.5 Å². The van der Waals surface area contributed by atoms with Gasteiger partial charge in [0.25, 0.3) is 20.2 Å². The van der Waals surface area contributed by atoms with Crippen molar-refractivity contribution in [3.63, 3.8) is 0 Å². The van der Waals surface area contributed by atoms with Crippen molar-refractivity contribution in [2.45, 2.75) is 48.1 Å². The molecule has 4 atom stereocenters. The van der Waals surface area contributed by atoms with Gasteiger partial charge in [-0.05, 0) is 38.1 Å². The zero-order chi connectivity index (χ0) is 24.3. The molecule has 0 N–H and O–H groups in total. The summed E-state index contributed by atoms with van der Waals surface area (Å²) in [5, 5.41) is 0. The van der Waals surface area contributed by atoms with Crippen LogP contribution in [-0.4, -0.2) is 68.1 Å². The van der Waals surface area contributed by atoms with Gasteiger partial charge >= 0.3 is 0 Å². The molecule has 0 aliphatic carbocycles. The molecule has 4 rings (SSSR count). The van der Waals surface area contributed by atoms with E-state index in [1.165, 1.54) is 24.3 Å². The van der Waals surface area contributed by atoms with Crippen molar-refractivity contribution in [1.82, 2.24) is 0 Å². The Balaban J connectivity index is 1.37. The van der Waals surface area contributed by atoms with Gasteiger partial charge in [-0.25, -0.2) is 0 Å². The summed E-state index contributed by atoms with van der Waals surface area (Å²) in [6, 6.07) is 12.5. The van der Waals surface area contributed by atoms with E-state index in [1.807, 2.05) is 13.8 Å². The molecule has 2 aliphatic heterocycles. The molecule has 4 unspecified atom stereocenters. The van der Waals surface area contributed by atoms with Gasteiger partial charge < -0.3 is 18.9 Å². The Bertz CT molecular complexity index is 1080. The Morgan fingerprint density at radius 1 is 0.647 bits per heavy atom. The van der Waals surface area contributed by atoms with Crippen molar-refractivity contribution in [2.24, 2.45) is 0 Å². The minimum absolute atomic E-state index is 0.0293. The number of hydrogen-bond acceptors (Lipinski definition) is 10. The van der Waals surface area contributed by atoms with E-state index < -0.39 is 44.7 Å². The summed E-state index contributed by atoms with van der Waals surface area (Å²) in [7, 11) is -8.00. The first kappa shape index (κ1) is 25.2. The van der Waals surface area contributed by atoms with Gasteiger partial charge in [0, 0.05) is 0 Å². The first-order valence-corrected chi connectivity index (χ1v) is 13.4. The summed E-state index contributed by atoms with van der Waals surface area (Å²) in [5.41, 5.74) is 1.84. The smallest absolute Gasteiger partial charge is 0.297 e. The molecule has 2 aliphatic rings. The summed E-state index contributed by atoms with van der Waals surface area (Å²) in [5.74, 6) is 0. The molecule has 2 aromatic rings. The van der Waals surface area contributed by atoms with Gasteiger partial charge in [0.2, 0.25) is 0 Å². The number of ether oxygens (including phenoxy) is 4. The lowest BCUT2D eigenvalue weighted by Gasteiger charge is -2.25. The SMILES string of the molecule is Cc1ccc(S(=O)(=O)OCC2OCOC2C2OCOC2COS(=O)(=O)c2ccc(C)cc2)cc1. The van der Waals surface area contributed by atoms with Gasteiger partial charge in [-0.1, -0.05) is 35.4 Å². The standard InChI is InChI=1S/C22H26O10S2/c1-15-3-7-17(8-4-15)33(23,24)31-11-19-21(29-13-27-19)22-20(28-14-30-22)12-32-34(25,26)18-9-5-16(2)6-10-18/h3-10,19-22H,11-14H2,1-2H3. The van der Waals surface area contributed by atoms with E-state index in [9.17, 15) is 16.8 Å². The predicted molar refractivity (Wildman–Crippen MR) is 118 cm³/mol. The van der Waals surface area contributed by atoms with Crippen LogP contribution in [0.1, 0.15) is 11.1 Å². The fourth-order valence-electron chi connectivity index (χ4n) is 3.57. The minimum Gasteiger partial charge on any atom is -0.347 e. The van der Waals surface area contributed by atoms with Gasteiger partial charge in [-0.2, -0.15) is 16.8 Å². The highest BCUT2D eigenvalue weighted by Crippen LogP contribution is 2.28. The first-order valence-electron chi connectivity index (χ1n) is 10.5. The molecule has 12 heteroatoms. The second-order valence-corrected chi connectivity index (χ2v) is 11.2. The number of benzene rings is 2. The van der Waals surface area contributed by atoms with Crippen molar-refractivity contribution >= 4 is 20.2 Å². The highest BCUT2D eigenvalue weighted by Gasteiger charge is 2.45. The fraction of sp³-hybridized carbons (Fsp3) is 0.455. The summed E-state index contributed by atoms with van der Waals surface area (Å²) < 4.78 is 82.5. The highest BCUT2D eigenvalue weighted by atomic mass is 32.2. The number of rotatable bonds is 9. The molecule has 2 aromatic carbocycles. The van der Waals surface area contributed by atoms with Gasteiger partial charge in [-0.3, -0.25) is 8.37 Å². The second-order valence-electron chi connectivity index (χ2n) is 8.01. The van der Waals surface area contributed by atoms with Crippen LogP contribution < -0.4 is 0 Å². The van der Waals surface area contributed by atoms with E-state index in [1.54, 1.807) is 24.3 Å². The summed E-state index contributed by atoms with van der Waals surface area (Å²) in [6.45, 7) is 2.88. The third kappa shape index (κ3) is 5.83. The Kier molecular flexibility index (Phi) is 7.69. The Morgan fingerprint density at radius 2 is 1.00 bits per heavy atom. The zero-order valence-corrected chi connectivity index (χ0v) is 20.3. The maximum absolute atomic E-state index is 12.5. The molecule has 10 nitrogen and oxygen atoms in total. The highest BCUT2D eigenvalue weighted by molar-refractivity contribution is 7.87. The molecule has 2 saturated heterocycles. The monoisotopic (exact) mass is 514 g/mol. The first-order chi connectivity index (χ1) is 16.2. The summed E-state index contributed by atoms with van der Waals surface area (Å²) in [4.78, 5) is 0.0585. The second kappa shape index (κ2) is 10.4. The van der Waals surface area contributed by atoms with Gasteiger partial charge in [-0.15, -0.1) is 0 Å². The van der Waals surface area contributed by atoms with Crippen LogP contribution in [0.25, 0.3) is 0 Å². The molecule has 186 valence electrons. The third-order valence-corrected chi connectivity index (χ3v) is 8.13. The van der Waals surface area contributed by atoms with Crippen molar-refractivity contribution in [1.29, 1.82) is 0 Å². The average Bonchev–Trinajstić information content (AvgIpc) is 3.46. The summed E-state index contributed by atoms with van der Waals surface area (Å²) >= 11 is 0. The normalized spacial score (nSPS) is 25.6. The predicted octanol–water partition coefficient (Wildman–Crippen LogP) is 1.90. The van der Waals surface area contributed by atoms with E-state index in [0.29, 0.717) is 0 Å². The van der Waals surface area contributed by atoms with Crippen molar-refractivity contribution < 1.29 is 44.1 Å². The molecule has 0 amide bonds. The van der Waals surface area contributed by atoms with Crippen LogP contribution in [0, 0.1) is 13.8 Å². The quantitative estimate of drug-likeness (QED) is 0.458. The van der Waals surface area contributed by atoms with Crippen LogP contribution in [0.2, 0.25) is 0 Å². The van der Waals surface area contributed by atoms with Crippen LogP contribution in [0.15, 0.2) is 58.3 Å². The van der Waals surface area contributed by atoms with Crippen LogP contribution >= 0.6 is 0 Å². The maximum atomic E-state index is 12.5. The Hall–Kier alpha value is -1.90. The van der Waals surface area contributed by atoms with E-state index in [-0.39, 0.29) is 36.6 Å². The third-order valence-electron chi connectivity index (χ3n) is 5.54. The largest absolute Gasteiger partial charge is 0.347 e. The molecule has 0 radical (unpaired) electrons. The molecule has 2 heterocycles. The average molecular weight is 515 g/mol. The molecule has 2 fully saturated rings. The van der Waals surface area contributed by atoms with E-state index >= 15 is 0 Å². The molecule has 0 aromatic heterocycles. The molecule has 0 spiro atoms. The molecule has 0 saturated carbocycles. The maximum Gasteiger partial charge on any atom is 0.297 e. The molecular formula is C22H26O10S2. The van der Waals surface area contributed by atoms with Crippen LogP contribution in [0.3, 0.4) is 0 Å². The van der Waals surface area contributed by atoms with Crippen LogP contribution in [0.4, 0.5) is 0 Å². The van der Waals surface area contributed by atoms with E-state index in [0.717, 1.165) is 11.1 Å².